The lowest BCUT2D eigenvalue weighted by molar-refractivity contribution is -0.142. The quantitative estimate of drug-likeness (QED) is 0.879. The molecular formula is C16H13F3O3. The molecule has 0 heterocycles. The highest BCUT2D eigenvalue weighted by Gasteiger charge is 2.33. The number of esters is 1. The molecule has 0 aromatic heterocycles. The number of carbonyl (C=O) groups is 1. The zero-order valence-electron chi connectivity index (χ0n) is 11.6. The largest absolute Gasteiger partial charge is 0.508 e. The van der Waals surface area contributed by atoms with E-state index in [9.17, 15) is 23.1 Å². The lowest BCUT2D eigenvalue weighted by Crippen LogP contribution is -2.17. The van der Waals surface area contributed by atoms with Crippen molar-refractivity contribution in [2.45, 2.75) is 12.1 Å². The molecule has 0 spiro atoms. The maximum absolute atomic E-state index is 12.8. The molecule has 0 saturated heterocycles. The normalized spacial score (nSPS) is 12.7. The Hall–Kier alpha value is -2.50. The molecule has 1 unspecified atom stereocenters. The lowest BCUT2D eigenvalue weighted by atomic mass is 9.89. The number of carbonyl (C=O) groups excluding carboxylic acids is 1. The fourth-order valence-electron chi connectivity index (χ4n) is 2.19. The summed E-state index contributed by atoms with van der Waals surface area (Å²) in [6.45, 7) is 0. The van der Waals surface area contributed by atoms with Crippen LogP contribution in [0, 0.1) is 0 Å². The van der Waals surface area contributed by atoms with Crippen LogP contribution in [0.2, 0.25) is 0 Å². The van der Waals surface area contributed by atoms with Gasteiger partial charge in [-0.15, -0.1) is 0 Å². The van der Waals surface area contributed by atoms with E-state index >= 15 is 0 Å². The highest BCUT2D eigenvalue weighted by Crippen LogP contribution is 2.35. The minimum absolute atomic E-state index is 0.100. The topological polar surface area (TPSA) is 46.5 Å². The van der Waals surface area contributed by atoms with E-state index in [4.69, 9.17) is 0 Å². The second kappa shape index (κ2) is 6.09. The molecule has 2 rings (SSSR count). The number of ether oxygens (including phenoxy) is 1. The van der Waals surface area contributed by atoms with Crippen molar-refractivity contribution in [1.82, 2.24) is 0 Å². The Kier molecular flexibility index (Phi) is 4.40. The Balaban J connectivity index is 2.57. The fourth-order valence-corrected chi connectivity index (χ4v) is 2.19. The summed E-state index contributed by atoms with van der Waals surface area (Å²) < 4.78 is 43.2. The van der Waals surface area contributed by atoms with E-state index in [1.165, 1.54) is 24.3 Å². The van der Waals surface area contributed by atoms with Gasteiger partial charge in [0.15, 0.2) is 0 Å². The molecule has 6 heteroatoms. The third-order valence-electron chi connectivity index (χ3n) is 3.23. The van der Waals surface area contributed by atoms with Crippen molar-refractivity contribution in [2.24, 2.45) is 0 Å². The van der Waals surface area contributed by atoms with E-state index in [1.54, 1.807) is 12.1 Å². The van der Waals surface area contributed by atoms with E-state index in [-0.39, 0.29) is 16.9 Å². The Morgan fingerprint density at radius 3 is 2.41 bits per heavy atom. The third kappa shape index (κ3) is 3.21. The summed E-state index contributed by atoms with van der Waals surface area (Å²) >= 11 is 0. The van der Waals surface area contributed by atoms with Gasteiger partial charge >= 0.3 is 12.1 Å². The number of hydrogen-bond donors (Lipinski definition) is 1. The maximum Gasteiger partial charge on any atom is 0.416 e. The molecule has 2 aromatic rings. The first kappa shape index (κ1) is 15.9. The number of hydrogen-bond acceptors (Lipinski definition) is 3. The Morgan fingerprint density at radius 2 is 1.82 bits per heavy atom. The van der Waals surface area contributed by atoms with Crippen molar-refractivity contribution in [1.29, 1.82) is 0 Å². The molecular weight excluding hydrogens is 297 g/mol. The van der Waals surface area contributed by atoms with Crippen molar-refractivity contribution in [2.75, 3.05) is 7.11 Å². The molecule has 2 aromatic carbocycles. The zero-order valence-corrected chi connectivity index (χ0v) is 11.6. The molecule has 1 atom stereocenters. The van der Waals surface area contributed by atoms with Gasteiger partial charge in [-0.25, -0.2) is 0 Å². The summed E-state index contributed by atoms with van der Waals surface area (Å²) in [5.74, 6) is -2.07. The van der Waals surface area contributed by atoms with Gasteiger partial charge in [-0.05, 0) is 17.7 Å². The number of methoxy groups -OCH3 is 1. The number of halogens is 3. The molecule has 0 fully saturated rings. The molecule has 3 nitrogen and oxygen atoms in total. The van der Waals surface area contributed by atoms with Crippen molar-refractivity contribution < 1.29 is 27.8 Å². The van der Waals surface area contributed by atoms with Crippen LogP contribution in [0.15, 0.2) is 48.5 Å². The van der Waals surface area contributed by atoms with Gasteiger partial charge < -0.3 is 9.84 Å². The van der Waals surface area contributed by atoms with Crippen LogP contribution < -0.4 is 0 Å². The van der Waals surface area contributed by atoms with Crippen LogP contribution in [-0.2, 0) is 15.7 Å². The van der Waals surface area contributed by atoms with Gasteiger partial charge in [0.2, 0.25) is 0 Å². The van der Waals surface area contributed by atoms with Crippen molar-refractivity contribution in [3.63, 3.8) is 0 Å². The van der Waals surface area contributed by atoms with Crippen LogP contribution in [0.3, 0.4) is 0 Å². The van der Waals surface area contributed by atoms with Gasteiger partial charge in [-0.2, -0.15) is 13.2 Å². The van der Waals surface area contributed by atoms with Gasteiger partial charge in [0, 0.05) is 5.56 Å². The summed E-state index contributed by atoms with van der Waals surface area (Å²) in [6, 6.07) is 10.4. The minimum atomic E-state index is -4.52. The first-order chi connectivity index (χ1) is 10.3. The summed E-state index contributed by atoms with van der Waals surface area (Å²) in [6.07, 6.45) is -4.52. The second-order valence-corrected chi connectivity index (χ2v) is 4.64. The minimum Gasteiger partial charge on any atom is -0.508 e. The van der Waals surface area contributed by atoms with Crippen LogP contribution in [0.5, 0.6) is 5.75 Å². The monoisotopic (exact) mass is 310 g/mol. The summed E-state index contributed by atoms with van der Waals surface area (Å²) in [5, 5.41) is 9.89. The molecule has 0 bridgehead atoms. The first-order valence-corrected chi connectivity index (χ1v) is 6.37. The van der Waals surface area contributed by atoms with E-state index in [2.05, 4.69) is 4.74 Å². The third-order valence-corrected chi connectivity index (χ3v) is 3.23. The SMILES string of the molecule is COC(=O)C(c1cccc(C(F)(F)F)c1)c1ccccc1O. The number of para-hydroxylation sites is 1. The van der Waals surface area contributed by atoms with E-state index in [0.717, 1.165) is 19.2 Å². The molecule has 116 valence electrons. The second-order valence-electron chi connectivity index (χ2n) is 4.64. The Bertz CT molecular complexity index is 680. The number of phenols is 1. The average Bonchev–Trinajstić information content (AvgIpc) is 2.49. The van der Waals surface area contributed by atoms with Gasteiger partial charge in [-0.1, -0.05) is 36.4 Å². The Labute approximate surface area is 125 Å². The predicted octanol–water partition coefficient (Wildman–Crippen LogP) is 3.72. The molecule has 0 aliphatic carbocycles. The van der Waals surface area contributed by atoms with Gasteiger partial charge in [0.1, 0.15) is 11.7 Å². The standard InChI is InChI=1S/C16H13F3O3/c1-22-15(21)14(12-7-2-3-8-13(12)20)10-5-4-6-11(9-10)16(17,18)19/h2-9,14,20H,1H3. The van der Waals surface area contributed by atoms with Crippen molar-refractivity contribution in [3.8, 4) is 5.75 Å². The average molecular weight is 310 g/mol. The number of aromatic hydroxyl groups is 1. The van der Waals surface area contributed by atoms with Gasteiger partial charge in [0.05, 0.1) is 12.7 Å². The van der Waals surface area contributed by atoms with Crippen LogP contribution >= 0.6 is 0 Å². The fraction of sp³-hybridized carbons (Fsp3) is 0.188. The Morgan fingerprint density at radius 1 is 1.14 bits per heavy atom. The van der Waals surface area contributed by atoms with Gasteiger partial charge in [-0.3, -0.25) is 4.79 Å². The van der Waals surface area contributed by atoms with E-state index in [1.807, 2.05) is 0 Å². The molecule has 0 aliphatic heterocycles. The molecule has 0 amide bonds. The first-order valence-electron chi connectivity index (χ1n) is 6.37. The van der Waals surface area contributed by atoms with Crippen LogP contribution in [0.4, 0.5) is 13.2 Å². The number of alkyl halides is 3. The van der Waals surface area contributed by atoms with Crippen LogP contribution in [0.1, 0.15) is 22.6 Å². The number of rotatable bonds is 3. The van der Waals surface area contributed by atoms with E-state index < -0.39 is 23.6 Å². The van der Waals surface area contributed by atoms with Crippen LogP contribution in [-0.4, -0.2) is 18.2 Å². The smallest absolute Gasteiger partial charge is 0.416 e. The highest BCUT2D eigenvalue weighted by atomic mass is 19.4. The molecule has 0 saturated carbocycles. The molecule has 0 aliphatic rings. The van der Waals surface area contributed by atoms with Crippen molar-refractivity contribution in [3.05, 3.63) is 65.2 Å². The van der Waals surface area contributed by atoms with Gasteiger partial charge in [0.25, 0.3) is 0 Å². The zero-order chi connectivity index (χ0) is 16.3. The molecule has 0 radical (unpaired) electrons. The van der Waals surface area contributed by atoms with E-state index in [0.29, 0.717) is 0 Å². The summed E-state index contributed by atoms with van der Waals surface area (Å²) in [4.78, 5) is 12.0. The number of benzene rings is 2. The summed E-state index contributed by atoms with van der Waals surface area (Å²) in [5.41, 5.74) is -0.578. The highest BCUT2D eigenvalue weighted by molar-refractivity contribution is 5.83. The van der Waals surface area contributed by atoms with Crippen molar-refractivity contribution >= 4 is 5.97 Å². The number of phenolic OH excluding ortho intramolecular Hbond substituents is 1. The summed E-state index contributed by atoms with van der Waals surface area (Å²) in [7, 11) is 1.14. The molecule has 1 N–H and O–H groups in total. The molecule has 22 heavy (non-hydrogen) atoms. The van der Waals surface area contributed by atoms with Crippen LogP contribution in [0.25, 0.3) is 0 Å². The lowest BCUT2D eigenvalue weighted by Gasteiger charge is -2.18. The maximum atomic E-state index is 12.8. The predicted molar refractivity (Wildman–Crippen MR) is 73.4 cm³/mol.